The van der Waals surface area contributed by atoms with Crippen molar-refractivity contribution < 1.29 is 28.2 Å². The van der Waals surface area contributed by atoms with Gasteiger partial charge in [0.15, 0.2) is 12.2 Å². The molecule has 2 N–H and O–H groups in total. The summed E-state index contributed by atoms with van der Waals surface area (Å²) in [6, 6.07) is 10.5. The standard InChI is InChI=1S/C19H16ClFN2O5/c1-10(18(25)22-11-6-7-13(21)12(20)8-11)27-17(24)9-16-19(26)23-14-4-2-3-5-15(14)28-16/h2-8,10,16H,9H2,1H3,(H,22,25)(H,23,26)/t10-,16+/m0/s1. The monoisotopic (exact) mass is 406 g/mol. The van der Waals surface area contributed by atoms with E-state index in [9.17, 15) is 18.8 Å². The van der Waals surface area contributed by atoms with Crippen LogP contribution in [0, 0.1) is 5.82 Å². The number of rotatable bonds is 5. The van der Waals surface area contributed by atoms with Crippen molar-refractivity contribution in [1.82, 2.24) is 0 Å². The molecule has 2 aromatic carbocycles. The highest BCUT2D eigenvalue weighted by molar-refractivity contribution is 6.31. The molecule has 0 saturated heterocycles. The fourth-order valence-corrected chi connectivity index (χ4v) is 2.68. The number of fused-ring (bicyclic) bond motifs is 1. The van der Waals surface area contributed by atoms with E-state index in [0.717, 1.165) is 6.07 Å². The summed E-state index contributed by atoms with van der Waals surface area (Å²) in [6.45, 7) is 1.37. The Kier molecular flexibility index (Phi) is 5.79. The average Bonchev–Trinajstić information content (AvgIpc) is 2.65. The van der Waals surface area contributed by atoms with Crippen molar-refractivity contribution in [2.45, 2.75) is 25.6 Å². The minimum absolute atomic E-state index is 0.150. The SMILES string of the molecule is C[C@H](OC(=O)C[C@H]1Oc2ccccc2NC1=O)C(=O)Nc1ccc(F)c(Cl)c1. The molecule has 3 rings (SSSR count). The third-order valence-electron chi connectivity index (χ3n) is 3.92. The van der Waals surface area contributed by atoms with E-state index in [-0.39, 0.29) is 17.1 Å². The predicted octanol–water partition coefficient (Wildman–Crippen LogP) is 3.14. The van der Waals surface area contributed by atoms with Crippen LogP contribution in [-0.2, 0) is 19.1 Å². The number of halogens is 2. The van der Waals surface area contributed by atoms with Crippen LogP contribution in [0.2, 0.25) is 5.02 Å². The van der Waals surface area contributed by atoms with E-state index >= 15 is 0 Å². The van der Waals surface area contributed by atoms with Gasteiger partial charge in [-0.15, -0.1) is 0 Å². The minimum atomic E-state index is -1.14. The van der Waals surface area contributed by atoms with Gasteiger partial charge in [0.05, 0.1) is 17.1 Å². The Bertz CT molecular complexity index is 936. The quantitative estimate of drug-likeness (QED) is 0.744. The first-order valence-corrected chi connectivity index (χ1v) is 8.73. The first kappa shape index (κ1) is 19.6. The number of hydrogen-bond acceptors (Lipinski definition) is 5. The molecule has 1 heterocycles. The van der Waals surface area contributed by atoms with Crippen LogP contribution < -0.4 is 15.4 Å². The van der Waals surface area contributed by atoms with Crippen LogP contribution in [0.1, 0.15) is 13.3 Å². The number of benzene rings is 2. The van der Waals surface area contributed by atoms with Gasteiger partial charge in [0.2, 0.25) is 0 Å². The minimum Gasteiger partial charge on any atom is -0.478 e. The zero-order valence-electron chi connectivity index (χ0n) is 14.7. The molecule has 0 aliphatic carbocycles. The lowest BCUT2D eigenvalue weighted by molar-refractivity contribution is -0.155. The van der Waals surface area contributed by atoms with Gasteiger partial charge in [-0.2, -0.15) is 0 Å². The Morgan fingerprint density at radius 1 is 1.32 bits per heavy atom. The van der Waals surface area contributed by atoms with Crippen molar-refractivity contribution >= 4 is 40.8 Å². The average molecular weight is 407 g/mol. The molecule has 0 unspecified atom stereocenters. The summed E-state index contributed by atoms with van der Waals surface area (Å²) in [6.07, 6.45) is -2.57. The van der Waals surface area contributed by atoms with E-state index in [4.69, 9.17) is 21.1 Å². The Balaban J connectivity index is 1.54. The fourth-order valence-electron chi connectivity index (χ4n) is 2.49. The van der Waals surface area contributed by atoms with Crippen LogP contribution in [0.3, 0.4) is 0 Å². The number of carbonyl (C=O) groups excluding carboxylic acids is 3. The van der Waals surface area contributed by atoms with E-state index < -0.39 is 35.8 Å². The largest absolute Gasteiger partial charge is 0.478 e. The molecule has 0 bridgehead atoms. The maximum Gasteiger partial charge on any atom is 0.310 e. The van der Waals surface area contributed by atoms with Gasteiger partial charge in [0.1, 0.15) is 11.6 Å². The van der Waals surface area contributed by atoms with E-state index in [0.29, 0.717) is 11.4 Å². The molecule has 0 saturated carbocycles. The fraction of sp³-hybridized carbons (Fsp3) is 0.211. The molecule has 0 aromatic heterocycles. The topological polar surface area (TPSA) is 93.7 Å². The summed E-state index contributed by atoms with van der Waals surface area (Å²) in [5.74, 6) is -2.06. The molecule has 7 nitrogen and oxygen atoms in total. The maximum atomic E-state index is 13.2. The van der Waals surface area contributed by atoms with Crippen molar-refractivity contribution in [2.75, 3.05) is 10.6 Å². The van der Waals surface area contributed by atoms with Crippen molar-refractivity contribution in [3.8, 4) is 5.75 Å². The van der Waals surface area contributed by atoms with Crippen LogP contribution in [0.5, 0.6) is 5.75 Å². The van der Waals surface area contributed by atoms with Crippen LogP contribution in [0.4, 0.5) is 15.8 Å². The van der Waals surface area contributed by atoms with E-state index in [1.165, 1.54) is 19.1 Å². The van der Waals surface area contributed by atoms with Gasteiger partial charge in [0.25, 0.3) is 11.8 Å². The summed E-state index contributed by atoms with van der Waals surface area (Å²) in [5, 5.41) is 4.95. The van der Waals surface area contributed by atoms with E-state index in [1.54, 1.807) is 24.3 Å². The van der Waals surface area contributed by atoms with Gasteiger partial charge in [-0.25, -0.2) is 4.39 Å². The first-order valence-electron chi connectivity index (χ1n) is 8.35. The van der Waals surface area contributed by atoms with E-state index in [2.05, 4.69) is 10.6 Å². The summed E-state index contributed by atoms with van der Waals surface area (Å²) >= 11 is 5.66. The second-order valence-corrected chi connectivity index (χ2v) is 6.45. The Morgan fingerprint density at radius 3 is 2.82 bits per heavy atom. The molecule has 1 aliphatic heterocycles. The number of carbonyl (C=O) groups is 3. The molecule has 2 aromatic rings. The van der Waals surface area contributed by atoms with Crippen LogP contribution in [0.15, 0.2) is 42.5 Å². The number of ether oxygens (including phenoxy) is 2. The second kappa shape index (κ2) is 8.26. The van der Waals surface area contributed by atoms with Crippen LogP contribution in [0.25, 0.3) is 0 Å². The van der Waals surface area contributed by atoms with Gasteiger partial charge >= 0.3 is 5.97 Å². The van der Waals surface area contributed by atoms with Crippen molar-refractivity contribution in [2.24, 2.45) is 0 Å². The lowest BCUT2D eigenvalue weighted by Gasteiger charge is -2.25. The van der Waals surface area contributed by atoms with Crippen molar-refractivity contribution in [3.63, 3.8) is 0 Å². The molecule has 0 fully saturated rings. The lowest BCUT2D eigenvalue weighted by atomic mass is 10.1. The number of para-hydroxylation sites is 2. The zero-order chi connectivity index (χ0) is 20.3. The third-order valence-corrected chi connectivity index (χ3v) is 4.21. The molecule has 146 valence electrons. The lowest BCUT2D eigenvalue weighted by Crippen LogP contribution is -2.40. The highest BCUT2D eigenvalue weighted by Crippen LogP contribution is 2.29. The van der Waals surface area contributed by atoms with Gasteiger partial charge in [-0.1, -0.05) is 23.7 Å². The van der Waals surface area contributed by atoms with Crippen molar-refractivity contribution in [1.29, 1.82) is 0 Å². The maximum absolute atomic E-state index is 13.2. The highest BCUT2D eigenvalue weighted by Gasteiger charge is 2.31. The summed E-state index contributed by atoms with van der Waals surface area (Å²) in [4.78, 5) is 36.3. The number of nitrogens with one attached hydrogen (secondary N) is 2. The Morgan fingerprint density at radius 2 is 2.07 bits per heavy atom. The van der Waals surface area contributed by atoms with Crippen molar-refractivity contribution in [3.05, 3.63) is 53.3 Å². The molecule has 2 amide bonds. The van der Waals surface area contributed by atoms with Gasteiger partial charge in [0, 0.05) is 5.69 Å². The van der Waals surface area contributed by atoms with Crippen LogP contribution in [-0.4, -0.2) is 30.0 Å². The third kappa shape index (κ3) is 4.58. The summed E-state index contributed by atoms with van der Waals surface area (Å²) in [7, 11) is 0. The molecule has 0 radical (unpaired) electrons. The zero-order valence-corrected chi connectivity index (χ0v) is 15.5. The summed E-state index contributed by atoms with van der Waals surface area (Å²) < 4.78 is 23.7. The van der Waals surface area contributed by atoms with Gasteiger partial charge in [-0.05, 0) is 37.3 Å². The number of hydrogen-bond donors (Lipinski definition) is 2. The predicted molar refractivity (Wildman–Crippen MR) is 99.7 cm³/mol. The Labute approximate surface area is 164 Å². The number of amides is 2. The Hall–Kier alpha value is -3.13. The molecule has 2 atom stereocenters. The normalized spacial score (nSPS) is 16.2. The molecular formula is C19H16ClFN2O5. The molecular weight excluding hydrogens is 391 g/mol. The molecule has 0 spiro atoms. The highest BCUT2D eigenvalue weighted by atomic mass is 35.5. The smallest absolute Gasteiger partial charge is 0.310 e. The summed E-state index contributed by atoms with van der Waals surface area (Å²) in [5.41, 5.74) is 0.772. The molecule has 28 heavy (non-hydrogen) atoms. The van der Waals surface area contributed by atoms with Crippen LogP contribution >= 0.6 is 11.6 Å². The molecule has 9 heteroatoms. The number of anilines is 2. The molecule has 1 aliphatic rings. The second-order valence-electron chi connectivity index (χ2n) is 6.05. The van der Waals surface area contributed by atoms with Gasteiger partial charge < -0.3 is 20.1 Å². The van der Waals surface area contributed by atoms with E-state index in [1.807, 2.05) is 0 Å². The first-order chi connectivity index (χ1) is 13.3. The number of esters is 1. The van der Waals surface area contributed by atoms with Gasteiger partial charge in [-0.3, -0.25) is 14.4 Å².